The van der Waals surface area contributed by atoms with Gasteiger partial charge in [-0.3, -0.25) is 9.71 Å². The van der Waals surface area contributed by atoms with Crippen molar-refractivity contribution in [2.24, 2.45) is 7.05 Å². The first kappa shape index (κ1) is 11.9. The molecule has 90 valence electrons. The molecule has 0 bridgehead atoms. The van der Waals surface area contributed by atoms with Crippen LogP contribution in [0.15, 0.2) is 35.7 Å². The van der Waals surface area contributed by atoms with Crippen molar-refractivity contribution < 1.29 is 8.42 Å². The predicted octanol–water partition coefficient (Wildman–Crippen LogP) is 1.27. The molecule has 8 heteroatoms. The lowest BCUT2D eigenvalue weighted by atomic mass is 10.7. The number of halogens is 1. The zero-order valence-electron chi connectivity index (χ0n) is 8.83. The maximum absolute atomic E-state index is 11.9. The van der Waals surface area contributed by atoms with Crippen LogP contribution in [0.3, 0.4) is 0 Å². The normalized spacial score (nSPS) is 11.4. The quantitative estimate of drug-likeness (QED) is 0.913. The van der Waals surface area contributed by atoms with E-state index in [0.717, 1.165) is 0 Å². The van der Waals surface area contributed by atoms with Gasteiger partial charge in [0.05, 0.1) is 12.4 Å². The Bertz CT molecular complexity index is 638. The first-order valence-corrected chi connectivity index (χ1v) is 6.46. The van der Waals surface area contributed by atoms with E-state index in [2.05, 4.69) is 14.7 Å². The second-order valence-electron chi connectivity index (χ2n) is 3.35. The van der Waals surface area contributed by atoms with Gasteiger partial charge in [-0.05, 0) is 6.07 Å². The second kappa shape index (κ2) is 4.34. The van der Waals surface area contributed by atoms with E-state index in [9.17, 15) is 8.42 Å². The Kier molecular flexibility index (Phi) is 3.03. The largest absolute Gasteiger partial charge is 0.356 e. The van der Waals surface area contributed by atoms with Crippen LogP contribution in [-0.2, 0) is 17.1 Å². The maximum Gasteiger partial charge on any atom is 0.264 e. The molecule has 0 atom stereocenters. The highest BCUT2D eigenvalue weighted by Gasteiger charge is 2.16. The van der Waals surface area contributed by atoms with Crippen LogP contribution in [0.5, 0.6) is 0 Å². The maximum atomic E-state index is 11.9. The summed E-state index contributed by atoms with van der Waals surface area (Å²) in [7, 11) is -1.91. The molecule has 17 heavy (non-hydrogen) atoms. The third kappa shape index (κ3) is 2.75. The van der Waals surface area contributed by atoms with Gasteiger partial charge in [0, 0.05) is 19.4 Å². The number of sulfonamides is 1. The summed E-state index contributed by atoms with van der Waals surface area (Å²) >= 11 is 5.61. The lowest BCUT2D eigenvalue weighted by Gasteiger charge is -2.04. The van der Waals surface area contributed by atoms with E-state index in [-0.39, 0.29) is 15.9 Å². The standard InChI is InChI=1S/C9H9ClN4O2S/c1-14-3-2-7(6-14)17(15,16)13-9-5-11-4-8(10)12-9/h2-6H,1H3,(H,12,13). The molecule has 6 nitrogen and oxygen atoms in total. The number of aryl methyl sites for hydroxylation is 1. The third-order valence-corrected chi connectivity index (χ3v) is 3.48. The Morgan fingerprint density at radius 3 is 2.76 bits per heavy atom. The summed E-state index contributed by atoms with van der Waals surface area (Å²) in [5, 5.41) is 0.123. The lowest BCUT2D eigenvalue weighted by Crippen LogP contribution is -2.13. The van der Waals surface area contributed by atoms with Gasteiger partial charge < -0.3 is 4.57 Å². The van der Waals surface area contributed by atoms with Crippen molar-refractivity contribution in [2.75, 3.05) is 4.72 Å². The van der Waals surface area contributed by atoms with E-state index in [4.69, 9.17) is 11.6 Å². The minimum absolute atomic E-state index is 0.0846. The van der Waals surface area contributed by atoms with E-state index in [0.29, 0.717) is 0 Å². The van der Waals surface area contributed by atoms with Crippen molar-refractivity contribution in [2.45, 2.75) is 4.90 Å². The van der Waals surface area contributed by atoms with Crippen LogP contribution >= 0.6 is 11.6 Å². The van der Waals surface area contributed by atoms with Gasteiger partial charge in [0.25, 0.3) is 10.0 Å². The summed E-state index contributed by atoms with van der Waals surface area (Å²) in [4.78, 5) is 7.69. The molecule has 2 aromatic rings. The van der Waals surface area contributed by atoms with E-state index < -0.39 is 10.0 Å². The fourth-order valence-electron chi connectivity index (χ4n) is 1.22. The smallest absolute Gasteiger partial charge is 0.264 e. The molecular weight excluding hydrogens is 264 g/mol. The van der Waals surface area contributed by atoms with E-state index >= 15 is 0 Å². The van der Waals surface area contributed by atoms with Gasteiger partial charge >= 0.3 is 0 Å². The molecule has 0 amide bonds. The van der Waals surface area contributed by atoms with Crippen LogP contribution in [0.2, 0.25) is 5.15 Å². The van der Waals surface area contributed by atoms with Crippen LogP contribution in [-0.4, -0.2) is 23.0 Å². The van der Waals surface area contributed by atoms with Crippen LogP contribution in [0, 0.1) is 0 Å². The fourth-order valence-corrected chi connectivity index (χ4v) is 2.41. The molecule has 0 aliphatic rings. The van der Waals surface area contributed by atoms with E-state index in [1.54, 1.807) is 17.8 Å². The number of anilines is 1. The Labute approximate surface area is 103 Å². The molecule has 2 aromatic heterocycles. The van der Waals surface area contributed by atoms with Gasteiger partial charge in [0.15, 0.2) is 5.82 Å². The highest BCUT2D eigenvalue weighted by molar-refractivity contribution is 7.92. The summed E-state index contributed by atoms with van der Waals surface area (Å²) in [6.45, 7) is 0. The molecule has 0 saturated heterocycles. The van der Waals surface area contributed by atoms with Crippen molar-refractivity contribution in [1.29, 1.82) is 0 Å². The molecule has 2 heterocycles. The van der Waals surface area contributed by atoms with Crippen molar-refractivity contribution in [1.82, 2.24) is 14.5 Å². The van der Waals surface area contributed by atoms with Crippen LogP contribution in [0.1, 0.15) is 0 Å². The minimum Gasteiger partial charge on any atom is -0.356 e. The Balaban J connectivity index is 2.29. The molecule has 0 saturated carbocycles. The minimum atomic E-state index is -3.64. The number of hydrogen-bond donors (Lipinski definition) is 1. The molecule has 0 fully saturated rings. The summed E-state index contributed by atoms with van der Waals surface area (Å²) in [6, 6.07) is 1.49. The van der Waals surface area contributed by atoms with Crippen molar-refractivity contribution in [3.63, 3.8) is 0 Å². The highest BCUT2D eigenvalue weighted by Crippen LogP contribution is 2.14. The predicted molar refractivity (Wildman–Crippen MR) is 63.3 cm³/mol. The Morgan fingerprint density at radius 1 is 1.41 bits per heavy atom. The van der Waals surface area contributed by atoms with Crippen LogP contribution in [0.25, 0.3) is 0 Å². The monoisotopic (exact) mass is 272 g/mol. The molecule has 0 aliphatic heterocycles. The fraction of sp³-hybridized carbons (Fsp3) is 0.111. The topological polar surface area (TPSA) is 76.9 Å². The lowest BCUT2D eigenvalue weighted by molar-refractivity contribution is 0.601. The average Bonchev–Trinajstić information content (AvgIpc) is 2.65. The number of nitrogens with one attached hydrogen (secondary N) is 1. The Hall–Kier alpha value is -1.60. The Morgan fingerprint density at radius 2 is 2.18 bits per heavy atom. The third-order valence-electron chi connectivity index (χ3n) is 1.96. The molecule has 2 rings (SSSR count). The zero-order valence-corrected chi connectivity index (χ0v) is 10.4. The first-order valence-electron chi connectivity index (χ1n) is 4.60. The first-order chi connectivity index (χ1) is 7.97. The molecule has 0 unspecified atom stereocenters. The summed E-state index contributed by atoms with van der Waals surface area (Å²) in [6.07, 6.45) is 5.73. The van der Waals surface area contributed by atoms with Crippen molar-refractivity contribution in [3.8, 4) is 0 Å². The van der Waals surface area contributed by atoms with Gasteiger partial charge in [-0.15, -0.1) is 0 Å². The number of rotatable bonds is 3. The molecule has 0 spiro atoms. The summed E-state index contributed by atoms with van der Waals surface area (Å²) < 4.78 is 27.7. The van der Waals surface area contributed by atoms with Gasteiger partial charge in [-0.2, -0.15) is 0 Å². The molecule has 1 N–H and O–H groups in total. The molecule has 0 aliphatic carbocycles. The molecule has 0 aromatic carbocycles. The van der Waals surface area contributed by atoms with Gasteiger partial charge in [-0.25, -0.2) is 13.4 Å². The number of hydrogen-bond acceptors (Lipinski definition) is 4. The SMILES string of the molecule is Cn1ccc(S(=O)(=O)Nc2cncc(Cl)n2)c1. The zero-order chi connectivity index (χ0) is 12.5. The highest BCUT2D eigenvalue weighted by atomic mass is 35.5. The summed E-state index contributed by atoms with van der Waals surface area (Å²) in [5.41, 5.74) is 0. The van der Waals surface area contributed by atoms with Gasteiger partial charge in [0.2, 0.25) is 0 Å². The molecular formula is C9H9ClN4O2S. The van der Waals surface area contributed by atoms with Gasteiger partial charge in [0.1, 0.15) is 10.0 Å². The summed E-state index contributed by atoms with van der Waals surface area (Å²) in [5.74, 6) is 0.0846. The number of nitrogens with zero attached hydrogens (tertiary/aromatic N) is 3. The van der Waals surface area contributed by atoms with Crippen molar-refractivity contribution >= 4 is 27.4 Å². The van der Waals surface area contributed by atoms with Gasteiger partial charge in [-0.1, -0.05) is 11.6 Å². The number of aromatic nitrogens is 3. The van der Waals surface area contributed by atoms with E-state index in [1.807, 2.05) is 0 Å². The van der Waals surface area contributed by atoms with Crippen molar-refractivity contribution in [3.05, 3.63) is 36.0 Å². The average molecular weight is 273 g/mol. The molecule has 0 radical (unpaired) electrons. The van der Waals surface area contributed by atoms with E-state index in [1.165, 1.54) is 24.7 Å². The second-order valence-corrected chi connectivity index (χ2v) is 5.41. The van der Waals surface area contributed by atoms with Crippen LogP contribution in [0.4, 0.5) is 5.82 Å². The van der Waals surface area contributed by atoms with Crippen LogP contribution < -0.4 is 4.72 Å².